The molecule has 6 heteroatoms. The van der Waals surface area contributed by atoms with Crippen molar-refractivity contribution < 1.29 is 14.3 Å². The minimum Gasteiger partial charge on any atom is -0.492 e. The molecule has 0 spiro atoms. The molecule has 0 heterocycles. The second-order valence-electron chi connectivity index (χ2n) is 7.01. The van der Waals surface area contributed by atoms with E-state index in [-0.39, 0.29) is 17.7 Å². The van der Waals surface area contributed by atoms with Gasteiger partial charge < -0.3 is 4.74 Å². The van der Waals surface area contributed by atoms with Gasteiger partial charge in [-0.25, -0.2) is 0 Å². The van der Waals surface area contributed by atoms with Gasteiger partial charge in [-0.15, -0.1) is 0 Å². The molecule has 2 aromatic carbocycles. The number of carbonyl (C=O) groups excluding carboxylic acids is 2. The number of halogens is 1. The quantitative estimate of drug-likeness (QED) is 0.648. The first-order valence-corrected chi connectivity index (χ1v) is 10.5. The van der Waals surface area contributed by atoms with Crippen molar-refractivity contribution in [3.05, 3.63) is 64.1 Å². The van der Waals surface area contributed by atoms with Crippen LogP contribution >= 0.6 is 15.9 Å². The lowest BCUT2D eigenvalue weighted by Gasteiger charge is -2.20. The van der Waals surface area contributed by atoms with Crippen LogP contribution in [0.5, 0.6) is 5.75 Å². The van der Waals surface area contributed by atoms with Crippen LogP contribution < -0.4 is 15.6 Å². The Morgan fingerprint density at radius 1 is 1.00 bits per heavy atom. The van der Waals surface area contributed by atoms with Crippen molar-refractivity contribution in [2.24, 2.45) is 5.92 Å². The molecule has 2 aromatic rings. The Morgan fingerprint density at radius 2 is 1.75 bits per heavy atom. The first kappa shape index (κ1) is 20.4. The minimum atomic E-state index is -0.347. The monoisotopic (exact) mass is 444 g/mol. The van der Waals surface area contributed by atoms with Gasteiger partial charge in [-0.3, -0.25) is 20.4 Å². The smallest absolute Gasteiger partial charge is 0.269 e. The van der Waals surface area contributed by atoms with Crippen LogP contribution in [0.15, 0.2) is 53.0 Å². The van der Waals surface area contributed by atoms with Gasteiger partial charge in [0.05, 0.1) is 11.1 Å². The van der Waals surface area contributed by atoms with Crippen LogP contribution in [0, 0.1) is 5.92 Å². The molecule has 1 fully saturated rings. The van der Waals surface area contributed by atoms with Crippen LogP contribution in [0.4, 0.5) is 0 Å². The van der Waals surface area contributed by atoms with Gasteiger partial charge in [-0.2, -0.15) is 0 Å². The van der Waals surface area contributed by atoms with E-state index in [0.29, 0.717) is 22.4 Å². The molecule has 5 nitrogen and oxygen atoms in total. The number of hydrazine groups is 1. The van der Waals surface area contributed by atoms with Crippen LogP contribution in [-0.4, -0.2) is 18.4 Å². The Hall–Kier alpha value is -2.34. The summed E-state index contributed by atoms with van der Waals surface area (Å²) in [5.41, 5.74) is 6.72. The fourth-order valence-corrected chi connectivity index (χ4v) is 3.83. The molecule has 0 aliphatic heterocycles. The summed E-state index contributed by atoms with van der Waals surface area (Å²) in [6, 6.07) is 15.3. The van der Waals surface area contributed by atoms with Crippen molar-refractivity contribution >= 4 is 27.7 Å². The summed E-state index contributed by atoms with van der Waals surface area (Å²) in [6.45, 7) is 0.547. The highest BCUT2D eigenvalue weighted by atomic mass is 79.9. The number of rotatable bonds is 6. The number of benzene rings is 2. The van der Waals surface area contributed by atoms with Crippen LogP contribution in [0.1, 0.15) is 48.0 Å². The Labute approximate surface area is 174 Å². The van der Waals surface area contributed by atoms with E-state index in [0.717, 1.165) is 32.1 Å². The molecule has 2 amide bonds. The zero-order valence-corrected chi connectivity index (χ0v) is 17.3. The second-order valence-corrected chi connectivity index (χ2v) is 7.86. The SMILES string of the molecule is O=C(NNC(=O)C1CCCCC1)c1ccc(OCCc2ccccc2)c(Br)c1. The number of nitrogens with one attached hydrogen (secondary N) is 2. The molecule has 1 saturated carbocycles. The third-order valence-electron chi connectivity index (χ3n) is 4.96. The Kier molecular flexibility index (Phi) is 7.48. The number of hydrogen-bond donors (Lipinski definition) is 2. The van der Waals surface area contributed by atoms with Crippen LogP contribution in [-0.2, 0) is 11.2 Å². The van der Waals surface area contributed by atoms with Gasteiger partial charge in [-0.1, -0.05) is 49.6 Å². The molecule has 0 bridgehead atoms. The van der Waals surface area contributed by atoms with Crippen molar-refractivity contribution in [2.75, 3.05) is 6.61 Å². The molecule has 28 heavy (non-hydrogen) atoms. The largest absolute Gasteiger partial charge is 0.492 e. The van der Waals surface area contributed by atoms with E-state index in [4.69, 9.17) is 4.74 Å². The molecule has 148 valence electrons. The first-order valence-electron chi connectivity index (χ1n) is 9.70. The summed E-state index contributed by atoms with van der Waals surface area (Å²) in [4.78, 5) is 24.4. The molecule has 0 aromatic heterocycles. The predicted octanol–water partition coefficient (Wildman–Crippen LogP) is 4.41. The van der Waals surface area contributed by atoms with E-state index in [1.165, 1.54) is 12.0 Å². The van der Waals surface area contributed by atoms with E-state index >= 15 is 0 Å². The Bertz CT molecular complexity index is 805. The molecule has 2 N–H and O–H groups in total. The minimum absolute atomic E-state index is 0.00109. The number of hydrogen-bond acceptors (Lipinski definition) is 3. The first-order chi connectivity index (χ1) is 13.6. The van der Waals surface area contributed by atoms with E-state index < -0.39 is 0 Å². The zero-order valence-electron chi connectivity index (χ0n) is 15.7. The number of amides is 2. The zero-order chi connectivity index (χ0) is 19.8. The van der Waals surface area contributed by atoms with Crippen LogP contribution in [0.2, 0.25) is 0 Å². The summed E-state index contributed by atoms with van der Waals surface area (Å²) in [5.74, 6) is 0.230. The lowest BCUT2D eigenvalue weighted by atomic mass is 9.89. The number of carbonyl (C=O) groups is 2. The lowest BCUT2D eigenvalue weighted by Crippen LogP contribution is -2.44. The number of ether oxygens (including phenoxy) is 1. The van der Waals surface area contributed by atoms with E-state index in [1.807, 2.05) is 18.2 Å². The topological polar surface area (TPSA) is 67.4 Å². The highest BCUT2D eigenvalue weighted by Crippen LogP contribution is 2.26. The summed E-state index contributed by atoms with van der Waals surface area (Å²) in [6.07, 6.45) is 5.92. The van der Waals surface area contributed by atoms with Crippen molar-refractivity contribution in [1.29, 1.82) is 0 Å². The van der Waals surface area contributed by atoms with E-state index in [9.17, 15) is 9.59 Å². The maximum Gasteiger partial charge on any atom is 0.269 e. The van der Waals surface area contributed by atoms with Crippen molar-refractivity contribution in [2.45, 2.75) is 38.5 Å². The molecular formula is C22H25BrN2O3. The average molecular weight is 445 g/mol. The summed E-state index contributed by atoms with van der Waals surface area (Å²) in [7, 11) is 0. The average Bonchev–Trinajstić information content (AvgIpc) is 2.74. The highest BCUT2D eigenvalue weighted by Gasteiger charge is 2.21. The normalized spacial score (nSPS) is 14.3. The molecule has 3 rings (SSSR count). The van der Waals surface area contributed by atoms with Gasteiger partial charge in [-0.05, 0) is 52.5 Å². The molecular weight excluding hydrogens is 420 g/mol. The van der Waals surface area contributed by atoms with Gasteiger partial charge in [0.1, 0.15) is 5.75 Å². The molecule has 0 radical (unpaired) electrons. The van der Waals surface area contributed by atoms with Gasteiger partial charge >= 0.3 is 0 Å². The summed E-state index contributed by atoms with van der Waals surface area (Å²) >= 11 is 3.45. The van der Waals surface area contributed by atoms with E-state index in [1.54, 1.807) is 18.2 Å². The molecule has 0 saturated heterocycles. The summed E-state index contributed by atoms with van der Waals surface area (Å²) in [5, 5.41) is 0. The van der Waals surface area contributed by atoms with Gasteiger partial charge in [0.15, 0.2) is 0 Å². The standard InChI is InChI=1S/C22H25BrN2O3/c23-19-15-18(22(27)25-24-21(26)17-9-5-2-6-10-17)11-12-20(19)28-14-13-16-7-3-1-4-8-16/h1,3-4,7-8,11-12,15,17H,2,5-6,9-10,13-14H2,(H,24,26)(H,25,27). The fourth-order valence-electron chi connectivity index (χ4n) is 3.34. The van der Waals surface area contributed by atoms with E-state index in [2.05, 4.69) is 38.9 Å². The molecule has 1 aliphatic carbocycles. The predicted molar refractivity (Wildman–Crippen MR) is 112 cm³/mol. The Balaban J connectivity index is 1.48. The Morgan fingerprint density at radius 3 is 2.46 bits per heavy atom. The van der Waals surface area contributed by atoms with Crippen molar-refractivity contribution in [1.82, 2.24) is 10.9 Å². The second kappa shape index (κ2) is 10.3. The third-order valence-corrected chi connectivity index (χ3v) is 5.58. The maximum atomic E-state index is 12.3. The molecule has 0 unspecified atom stereocenters. The van der Waals surface area contributed by atoms with Gasteiger partial charge in [0, 0.05) is 17.9 Å². The maximum absolute atomic E-state index is 12.3. The lowest BCUT2D eigenvalue weighted by molar-refractivity contribution is -0.126. The highest BCUT2D eigenvalue weighted by molar-refractivity contribution is 9.10. The van der Waals surface area contributed by atoms with Gasteiger partial charge in [0.2, 0.25) is 5.91 Å². The van der Waals surface area contributed by atoms with Crippen LogP contribution in [0.3, 0.4) is 0 Å². The fraction of sp³-hybridized carbons (Fsp3) is 0.364. The molecule has 0 atom stereocenters. The molecule has 1 aliphatic rings. The third kappa shape index (κ3) is 5.83. The van der Waals surface area contributed by atoms with Gasteiger partial charge in [0.25, 0.3) is 5.91 Å². The van der Waals surface area contributed by atoms with Crippen molar-refractivity contribution in [3.8, 4) is 5.75 Å². The van der Waals surface area contributed by atoms with Crippen molar-refractivity contribution in [3.63, 3.8) is 0 Å². The summed E-state index contributed by atoms with van der Waals surface area (Å²) < 4.78 is 6.51. The van der Waals surface area contributed by atoms with Crippen LogP contribution in [0.25, 0.3) is 0 Å².